The van der Waals surface area contributed by atoms with Gasteiger partial charge in [0.05, 0.1) is 58.4 Å². The largest absolute Gasteiger partial charge is 0.465 e. The van der Waals surface area contributed by atoms with Crippen molar-refractivity contribution in [1.29, 1.82) is 0 Å². The van der Waals surface area contributed by atoms with Crippen LogP contribution in [0.25, 0.3) is 28.2 Å². The highest BCUT2D eigenvalue weighted by Crippen LogP contribution is 2.45. The van der Waals surface area contributed by atoms with Gasteiger partial charge in [-0.15, -0.1) is 0 Å². The van der Waals surface area contributed by atoms with Gasteiger partial charge in [0.1, 0.15) is 0 Å². The molecule has 0 saturated carbocycles. The first-order chi connectivity index (χ1) is 17.8. The first kappa shape index (κ1) is 26.4. The summed E-state index contributed by atoms with van der Waals surface area (Å²) in [6.45, 7) is 0. The van der Waals surface area contributed by atoms with E-state index in [1.807, 2.05) is 41.0 Å². The number of benzene rings is 3. The molecule has 188 valence electrons. The Morgan fingerprint density at radius 2 is 0.838 bits per heavy atom. The second-order valence-electron chi connectivity index (χ2n) is 7.84. The Kier molecular flexibility index (Phi) is 7.94. The number of ether oxygens (including phenoxy) is 3. The number of aromatic nitrogens is 1. The Bertz CT molecular complexity index is 1390. The highest BCUT2D eigenvalue weighted by molar-refractivity contribution is 9.13. The normalized spacial score (nSPS) is 10.6. The van der Waals surface area contributed by atoms with Crippen molar-refractivity contribution in [3.05, 3.63) is 98.4 Å². The van der Waals surface area contributed by atoms with E-state index in [0.717, 1.165) is 37.1 Å². The molecule has 1 heterocycles. The fraction of sp³-hybridized carbons (Fsp3) is 0.107. The lowest BCUT2D eigenvalue weighted by Crippen LogP contribution is -2.04. The molecule has 1 aromatic heterocycles. The van der Waals surface area contributed by atoms with Crippen molar-refractivity contribution < 1.29 is 28.6 Å². The van der Waals surface area contributed by atoms with E-state index in [2.05, 4.69) is 31.9 Å². The van der Waals surface area contributed by atoms with Crippen molar-refractivity contribution in [2.75, 3.05) is 21.3 Å². The number of esters is 3. The van der Waals surface area contributed by atoms with Crippen LogP contribution in [0.5, 0.6) is 0 Å². The van der Waals surface area contributed by atoms with Crippen molar-refractivity contribution in [3.8, 4) is 28.2 Å². The number of hydrogen-bond donors (Lipinski definition) is 0. The highest BCUT2D eigenvalue weighted by atomic mass is 79.9. The van der Waals surface area contributed by atoms with Gasteiger partial charge >= 0.3 is 17.9 Å². The molecule has 0 unspecified atom stereocenters. The minimum absolute atomic E-state index is 0.421. The first-order valence-corrected chi connectivity index (χ1v) is 12.5. The highest BCUT2D eigenvalue weighted by Gasteiger charge is 2.24. The van der Waals surface area contributed by atoms with E-state index in [1.165, 1.54) is 21.3 Å². The molecule has 0 atom stereocenters. The molecule has 0 saturated heterocycles. The summed E-state index contributed by atoms with van der Waals surface area (Å²) in [4.78, 5) is 35.9. The third kappa shape index (κ3) is 5.10. The maximum Gasteiger partial charge on any atom is 0.337 e. The van der Waals surface area contributed by atoms with E-state index in [4.69, 9.17) is 14.2 Å². The summed E-state index contributed by atoms with van der Waals surface area (Å²) < 4.78 is 18.1. The van der Waals surface area contributed by atoms with Crippen molar-refractivity contribution in [2.24, 2.45) is 0 Å². The molecule has 0 aliphatic heterocycles. The van der Waals surface area contributed by atoms with E-state index >= 15 is 0 Å². The fourth-order valence-electron chi connectivity index (χ4n) is 3.91. The Balaban J connectivity index is 1.94. The number of carbonyl (C=O) groups excluding carboxylic acids is 3. The lowest BCUT2D eigenvalue weighted by molar-refractivity contribution is 0.0592. The van der Waals surface area contributed by atoms with Crippen LogP contribution in [-0.2, 0) is 14.2 Å². The molecule has 4 aromatic rings. The van der Waals surface area contributed by atoms with Crippen molar-refractivity contribution in [1.82, 2.24) is 4.57 Å². The number of halogens is 2. The van der Waals surface area contributed by atoms with Gasteiger partial charge in [-0.1, -0.05) is 24.3 Å². The minimum atomic E-state index is -0.432. The summed E-state index contributed by atoms with van der Waals surface area (Å²) in [7, 11) is 4.01. The summed E-state index contributed by atoms with van der Waals surface area (Å²) >= 11 is 7.47. The van der Waals surface area contributed by atoms with Crippen LogP contribution >= 0.6 is 31.9 Å². The predicted molar refractivity (Wildman–Crippen MR) is 146 cm³/mol. The third-order valence-electron chi connectivity index (χ3n) is 5.76. The van der Waals surface area contributed by atoms with Crippen LogP contribution in [0, 0.1) is 0 Å². The van der Waals surface area contributed by atoms with E-state index in [9.17, 15) is 14.4 Å². The molecule has 3 aromatic carbocycles. The molecule has 4 rings (SSSR count). The monoisotopic (exact) mass is 625 g/mol. The number of methoxy groups -OCH3 is 3. The minimum Gasteiger partial charge on any atom is -0.465 e. The lowest BCUT2D eigenvalue weighted by Gasteiger charge is -2.16. The van der Waals surface area contributed by atoms with Crippen LogP contribution < -0.4 is 0 Å². The number of nitrogens with zero attached hydrogens (tertiary/aromatic N) is 1. The Morgan fingerprint density at radius 1 is 0.541 bits per heavy atom. The summed E-state index contributed by atoms with van der Waals surface area (Å²) in [5.74, 6) is -1.28. The van der Waals surface area contributed by atoms with Gasteiger partial charge in [0, 0.05) is 5.69 Å². The molecule has 37 heavy (non-hydrogen) atoms. The van der Waals surface area contributed by atoms with Crippen LogP contribution in [0.3, 0.4) is 0 Å². The summed E-state index contributed by atoms with van der Waals surface area (Å²) in [5.41, 5.74) is 5.33. The van der Waals surface area contributed by atoms with E-state index < -0.39 is 17.9 Å². The topological polar surface area (TPSA) is 83.8 Å². The average molecular weight is 627 g/mol. The van der Waals surface area contributed by atoms with Gasteiger partial charge in [0.15, 0.2) is 0 Å². The predicted octanol–water partition coefficient (Wildman–Crippen LogP) is 6.70. The van der Waals surface area contributed by atoms with Crippen LogP contribution in [-0.4, -0.2) is 43.8 Å². The molecular formula is C28H21Br2NO6. The molecule has 0 aliphatic rings. The molecule has 0 N–H and O–H groups in total. The lowest BCUT2D eigenvalue weighted by atomic mass is 10.1. The average Bonchev–Trinajstić information content (AvgIpc) is 3.21. The van der Waals surface area contributed by atoms with Crippen LogP contribution in [0.15, 0.2) is 81.7 Å². The maximum atomic E-state index is 12.0. The molecule has 0 amide bonds. The Morgan fingerprint density at radius 3 is 1.14 bits per heavy atom. The quantitative estimate of drug-likeness (QED) is 0.175. The molecule has 0 spiro atoms. The zero-order chi connectivity index (χ0) is 26.7. The molecular weight excluding hydrogens is 606 g/mol. The second-order valence-corrected chi connectivity index (χ2v) is 9.42. The smallest absolute Gasteiger partial charge is 0.337 e. The number of hydrogen-bond acceptors (Lipinski definition) is 6. The van der Waals surface area contributed by atoms with Gasteiger partial charge in [0.25, 0.3) is 0 Å². The van der Waals surface area contributed by atoms with E-state index in [1.54, 1.807) is 36.4 Å². The SMILES string of the molecule is COC(=O)c1ccc(-c2c(Br)c(Br)c(-c3ccc(C(=O)OC)cc3)n2-c2ccc(C(=O)OC)cc2)cc1. The molecule has 0 fully saturated rings. The summed E-state index contributed by atoms with van der Waals surface area (Å²) in [6, 6.07) is 21.2. The number of rotatable bonds is 6. The Labute approximate surface area is 230 Å². The Hall–Kier alpha value is -3.69. The van der Waals surface area contributed by atoms with E-state index in [-0.39, 0.29) is 0 Å². The fourth-order valence-corrected chi connectivity index (χ4v) is 5.10. The van der Waals surface area contributed by atoms with Gasteiger partial charge in [-0.05, 0) is 91.5 Å². The number of carbonyl (C=O) groups is 3. The molecule has 0 aliphatic carbocycles. The third-order valence-corrected chi connectivity index (χ3v) is 7.84. The van der Waals surface area contributed by atoms with Gasteiger partial charge in [0.2, 0.25) is 0 Å². The van der Waals surface area contributed by atoms with Crippen LogP contribution in [0.1, 0.15) is 31.1 Å². The second kappa shape index (κ2) is 11.1. The van der Waals surface area contributed by atoms with Gasteiger partial charge in [-0.25, -0.2) is 14.4 Å². The van der Waals surface area contributed by atoms with Crippen molar-refractivity contribution in [2.45, 2.75) is 0 Å². The van der Waals surface area contributed by atoms with Gasteiger partial charge in [-0.3, -0.25) is 0 Å². The zero-order valence-electron chi connectivity index (χ0n) is 20.1. The van der Waals surface area contributed by atoms with E-state index in [0.29, 0.717) is 16.7 Å². The van der Waals surface area contributed by atoms with Crippen LogP contribution in [0.2, 0.25) is 0 Å². The zero-order valence-corrected chi connectivity index (χ0v) is 23.3. The van der Waals surface area contributed by atoms with Gasteiger partial charge in [-0.2, -0.15) is 0 Å². The van der Waals surface area contributed by atoms with Gasteiger partial charge < -0.3 is 18.8 Å². The molecule has 0 radical (unpaired) electrons. The van der Waals surface area contributed by atoms with Crippen molar-refractivity contribution in [3.63, 3.8) is 0 Å². The van der Waals surface area contributed by atoms with Crippen LogP contribution in [0.4, 0.5) is 0 Å². The maximum absolute atomic E-state index is 12.0. The molecule has 0 bridgehead atoms. The summed E-state index contributed by atoms with van der Waals surface area (Å²) in [5, 5.41) is 0. The molecule has 7 nitrogen and oxygen atoms in total. The molecule has 9 heteroatoms. The van der Waals surface area contributed by atoms with Crippen molar-refractivity contribution >= 4 is 49.8 Å². The first-order valence-electron chi connectivity index (χ1n) is 11.0. The standard InChI is InChI=1S/C28H21Br2NO6/c1-35-26(32)18-8-4-16(5-9-18)24-22(29)23(30)25(17-6-10-19(11-7-17)27(33)36-2)31(24)21-14-12-20(13-15-21)28(34)37-3/h4-15H,1-3H3. The summed E-state index contributed by atoms with van der Waals surface area (Å²) in [6.07, 6.45) is 0.